The Morgan fingerprint density at radius 2 is 2.00 bits per heavy atom. The zero-order chi connectivity index (χ0) is 27.6. The van der Waals surface area contributed by atoms with Gasteiger partial charge in [-0.15, -0.1) is 0 Å². The van der Waals surface area contributed by atoms with Crippen molar-refractivity contribution in [2.45, 2.75) is 83.5 Å². The number of aromatic nitrogens is 3. The van der Waals surface area contributed by atoms with E-state index in [9.17, 15) is 15.0 Å². The van der Waals surface area contributed by atoms with Crippen molar-refractivity contribution in [2.75, 3.05) is 20.1 Å². The van der Waals surface area contributed by atoms with Gasteiger partial charge in [0, 0.05) is 29.0 Å². The van der Waals surface area contributed by atoms with E-state index in [0.29, 0.717) is 12.8 Å². The number of nitrogens with zero attached hydrogens (tertiary/aromatic N) is 3. The Bertz CT molecular complexity index is 1290. The summed E-state index contributed by atoms with van der Waals surface area (Å²) in [5.74, 6) is -0.587. The molecule has 0 radical (unpaired) electrons. The molecule has 3 heterocycles. The van der Waals surface area contributed by atoms with E-state index in [0.717, 1.165) is 91.7 Å². The highest BCUT2D eigenvalue weighted by molar-refractivity contribution is 5.84. The molecule has 210 valence electrons. The zero-order valence-corrected chi connectivity index (χ0v) is 23.5. The van der Waals surface area contributed by atoms with E-state index in [2.05, 4.69) is 45.4 Å². The Kier molecular flexibility index (Phi) is 8.08. The van der Waals surface area contributed by atoms with Crippen LogP contribution in [0, 0.1) is 18.3 Å². The molecule has 39 heavy (non-hydrogen) atoms. The highest BCUT2D eigenvalue weighted by Gasteiger charge is 2.58. The Balaban J connectivity index is 1.28. The van der Waals surface area contributed by atoms with Crippen LogP contribution in [-0.2, 0) is 4.79 Å². The lowest BCUT2D eigenvalue weighted by molar-refractivity contribution is -0.167. The predicted octanol–water partition coefficient (Wildman–Crippen LogP) is 4.86. The Labute approximate surface area is 231 Å². The number of H-pyrrole nitrogens is 1. The summed E-state index contributed by atoms with van der Waals surface area (Å²) in [7, 11) is 2.15. The number of hydrogen-bond donors (Lipinski definition) is 4. The van der Waals surface area contributed by atoms with Crippen LogP contribution in [0.1, 0.15) is 82.3 Å². The molecule has 1 spiro atoms. The number of likely N-dealkylation sites (tertiary alicyclic amines) is 1. The molecule has 8 nitrogen and oxygen atoms in total. The summed E-state index contributed by atoms with van der Waals surface area (Å²) in [4.78, 5) is 28.6. The molecule has 1 aromatic carbocycles. The normalized spacial score (nSPS) is 19.9. The van der Waals surface area contributed by atoms with Crippen LogP contribution >= 0.6 is 0 Å². The van der Waals surface area contributed by atoms with Gasteiger partial charge in [0.15, 0.2) is 5.79 Å². The lowest BCUT2D eigenvalue weighted by Gasteiger charge is -2.30. The molecule has 1 amide bonds. The van der Waals surface area contributed by atoms with Gasteiger partial charge in [0.2, 0.25) is 5.91 Å². The number of aromatic amines is 1. The van der Waals surface area contributed by atoms with Crippen LogP contribution in [0.25, 0.3) is 22.2 Å². The van der Waals surface area contributed by atoms with Crippen LogP contribution in [0.5, 0.6) is 0 Å². The number of pyridine rings is 1. The van der Waals surface area contributed by atoms with E-state index in [1.165, 1.54) is 0 Å². The van der Waals surface area contributed by atoms with Gasteiger partial charge in [0.25, 0.3) is 0 Å². The topological polar surface area (TPSA) is 114 Å². The van der Waals surface area contributed by atoms with Crippen molar-refractivity contribution in [3.05, 3.63) is 48.0 Å². The van der Waals surface area contributed by atoms with Gasteiger partial charge < -0.3 is 25.4 Å². The van der Waals surface area contributed by atoms with Gasteiger partial charge in [-0.25, -0.2) is 4.98 Å². The van der Waals surface area contributed by atoms with Gasteiger partial charge in [-0.05, 0) is 89.2 Å². The average Bonchev–Trinajstić information content (AvgIpc) is 3.40. The standard InChI is InChI=1S/C31H43N5O3/c1-4-31(38,39)13-7-5-6-8-26(35-29(37)24-19-30(24)14-16-36(3)17-15-30)28-32-20-27(34-28)23-11-12-25-22(18-23)10-9-21(2)33-25/h9-12,18,20,24,26,38-39H,4-8,13-17,19H2,1-3H3,(H,32,34)(H,35,37)/t24-,26+/m1/s1. The number of amides is 1. The third-order valence-corrected chi connectivity index (χ3v) is 9.01. The molecule has 2 aromatic heterocycles. The molecule has 1 saturated heterocycles. The highest BCUT2D eigenvalue weighted by atomic mass is 16.5. The molecule has 0 bridgehead atoms. The number of hydrogen-bond acceptors (Lipinski definition) is 6. The maximum atomic E-state index is 13.4. The molecule has 2 fully saturated rings. The first-order chi connectivity index (χ1) is 18.7. The summed E-state index contributed by atoms with van der Waals surface area (Å²) in [6, 6.07) is 10.1. The summed E-state index contributed by atoms with van der Waals surface area (Å²) >= 11 is 0. The van der Waals surface area contributed by atoms with Crippen molar-refractivity contribution in [1.29, 1.82) is 0 Å². The van der Waals surface area contributed by atoms with Crippen molar-refractivity contribution in [3.63, 3.8) is 0 Å². The lowest BCUT2D eigenvalue weighted by Crippen LogP contribution is -2.36. The molecular weight excluding hydrogens is 490 g/mol. The highest BCUT2D eigenvalue weighted by Crippen LogP contribution is 2.59. The second kappa shape index (κ2) is 11.4. The Morgan fingerprint density at radius 1 is 1.21 bits per heavy atom. The fourth-order valence-corrected chi connectivity index (χ4v) is 6.05. The number of imidazole rings is 1. The van der Waals surface area contributed by atoms with Gasteiger partial charge in [0.1, 0.15) is 5.82 Å². The number of unbranched alkanes of at least 4 members (excludes halogenated alkanes) is 2. The minimum Gasteiger partial charge on any atom is -0.366 e. The summed E-state index contributed by atoms with van der Waals surface area (Å²) in [5.41, 5.74) is 4.09. The van der Waals surface area contributed by atoms with Gasteiger partial charge in [-0.3, -0.25) is 9.78 Å². The van der Waals surface area contributed by atoms with Crippen LogP contribution in [0.4, 0.5) is 0 Å². The smallest absolute Gasteiger partial charge is 0.224 e. The molecule has 1 aliphatic carbocycles. The van der Waals surface area contributed by atoms with E-state index in [-0.39, 0.29) is 23.3 Å². The lowest BCUT2D eigenvalue weighted by atomic mass is 9.91. The van der Waals surface area contributed by atoms with Crippen LogP contribution in [0.2, 0.25) is 0 Å². The number of fused-ring (bicyclic) bond motifs is 1. The first kappa shape index (κ1) is 27.7. The molecular formula is C31H43N5O3. The SMILES string of the molecule is CCC(O)(O)CCCCC[C@H](NC(=O)[C@H]1CC12CCN(C)CC2)c1ncc(-c2ccc3nc(C)ccc3c2)[nH]1. The van der Waals surface area contributed by atoms with E-state index < -0.39 is 5.79 Å². The van der Waals surface area contributed by atoms with E-state index in [1.807, 2.05) is 25.3 Å². The van der Waals surface area contributed by atoms with E-state index >= 15 is 0 Å². The number of carbonyl (C=O) groups excluding carboxylic acids is 1. The molecule has 0 unspecified atom stereocenters. The van der Waals surface area contributed by atoms with Gasteiger partial charge in [-0.1, -0.05) is 31.9 Å². The number of piperidine rings is 1. The zero-order valence-electron chi connectivity index (χ0n) is 23.5. The van der Waals surface area contributed by atoms with Crippen LogP contribution in [0.15, 0.2) is 36.5 Å². The predicted molar refractivity (Wildman–Crippen MR) is 153 cm³/mol. The molecule has 1 aliphatic heterocycles. The summed E-state index contributed by atoms with van der Waals surface area (Å²) in [6.07, 6.45) is 8.91. The van der Waals surface area contributed by atoms with Crippen molar-refractivity contribution in [2.24, 2.45) is 11.3 Å². The summed E-state index contributed by atoms with van der Waals surface area (Å²) < 4.78 is 0. The van der Waals surface area contributed by atoms with Crippen LogP contribution < -0.4 is 5.32 Å². The number of nitrogens with one attached hydrogen (secondary N) is 2. The number of carbonyl (C=O) groups is 1. The fraction of sp³-hybridized carbons (Fsp3) is 0.581. The van der Waals surface area contributed by atoms with Crippen molar-refractivity contribution < 1.29 is 15.0 Å². The van der Waals surface area contributed by atoms with Crippen molar-refractivity contribution >= 4 is 16.8 Å². The molecule has 4 N–H and O–H groups in total. The fourth-order valence-electron chi connectivity index (χ4n) is 6.05. The minimum atomic E-state index is -1.59. The van der Waals surface area contributed by atoms with E-state index in [1.54, 1.807) is 6.92 Å². The Hall–Kier alpha value is -2.81. The van der Waals surface area contributed by atoms with Crippen LogP contribution in [-0.4, -0.2) is 61.9 Å². The largest absolute Gasteiger partial charge is 0.366 e. The number of aliphatic hydroxyl groups is 2. The third-order valence-electron chi connectivity index (χ3n) is 9.01. The first-order valence-electron chi connectivity index (χ1n) is 14.5. The number of aryl methyl sites for hydroxylation is 1. The molecule has 2 atom stereocenters. The molecule has 3 aromatic rings. The monoisotopic (exact) mass is 533 g/mol. The molecule has 5 rings (SSSR count). The van der Waals surface area contributed by atoms with Gasteiger partial charge in [-0.2, -0.15) is 0 Å². The van der Waals surface area contributed by atoms with Gasteiger partial charge >= 0.3 is 0 Å². The maximum absolute atomic E-state index is 13.4. The van der Waals surface area contributed by atoms with Gasteiger partial charge in [0.05, 0.1) is 23.4 Å². The van der Waals surface area contributed by atoms with Crippen molar-refractivity contribution in [3.8, 4) is 11.3 Å². The average molecular weight is 534 g/mol. The minimum absolute atomic E-state index is 0.0912. The second-order valence-corrected chi connectivity index (χ2v) is 12.0. The maximum Gasteiger partial charge on any atom is 0.224 e. The Morgan fingerprint density at radius 3 is 2.77 bits per heavy atom. The van der Waals surface area contributed by atoms with Crippen molar-refractivity contribution in [1.82, 2.24) is 25.2 Å². The molecule has 1 saturated carbocycles. The van der Waals surface area contributed by atoms with E-state index in [4.69, 9.17) is 4.98 Å². The first-order valence-corrected chi connectivity index (χ1v) is 14.5. The number of benzene rings is 1. The quantitative estimate of drug-likeness (QED) is 0.207. The van der Waals surface area contributed by atoms with Crippen LogP contribution in [0.3, 0.4) is 0 Å². The second-order valence-electron chi connectivity index (χ2n) is 12.0. The molecule has 8 heteroatoms. The number of rotatable bonds is 11. The molecule has 2 aliphatic rings. The summed E-state index contributed by atoms with van der Waals surface area (Å²) in [5, 5.41) is 24.2. The summed E-state index contributed by atoms with van der Waals surface area (Å²) in [6.45, 7) is 5.89. The third kappa shape index (κ3) is 6.51.